The monoisotopic (exact) mass is 250 g/mol. The number of rotatable bonds is 4. The highest BCUT2D eigenvalue weighted by atomic mass is 16.5. The van der Waals surface area contributed by atoms with Gasteiger partial charge in [-0.15, -0.1) is 0 Å². The zero-order valence-corrected chi connectivity index (χ0v) is 10.2. The number of primary amides is 1. The predicted molar refractivity (Wildman–Crippen MR) is 69.2 cm³/mol. The van der Waals surface area contributed by atoms with Crippen molar-refractivity contribution in [2.45, 2.75) is 12.8 Å². The highest BCUT2D eigenvalue weighted by Crippen LogP contribution is 2.19. The van der Waals surface area contributed by atoms with Crippen LogP contribution in [-0.4, -0.2) is 30.6 Å². The number of carbonyl (C=O) groups is 1. The molecule has 6 heteroatoms. The van der Waals surface area contributed by atoms with E-state index in [1.807, 2.05) is 0 Å². The summed E-state index contributed by atoms with van der Waals surface area (Å²) in [5, 5.41) is 3.18. The Morgan fingerprint density at radius 3 is 2.83 bits per heavy atom. The smallest absolute Gasteiger partial charge is 0.267 e. The number of amides is 1. The van der Waals surface area contributed by atoms with E-state index in [1.54, 1.807) is 6.07 Å². The summed E-state index contributed by atoms with van der Waals surface area (Å²) in [7, 11) is 0. The van der Waals surface area contributed by atoms with Crippen molar-refractivity contribution < 1.29 is 9.53 Å². The Kier molecular flexibility index (Phi) is 3.99. The second-order valence-corrected chi connectivity index (χ2v) is 4.44. The first-order valence-electron chi connectivity index (χ1n) is 6.05. The summed E-state index contributed by atoms with van der Waals surface area (Å²) < 4.78 is 5.30. The van der Waals surface area contributed by atoms with Gasteiger partial charge in [-0.05, 0) is 30.9 Å². The number of anilines is 2. The van der Waals surface area contributed by atoms with Crippen LogP contribution in [0.4, 0.5) is 11.5 Å². The maximum absolute atomic E-state index is 11.0. The van der Waals surface area contributed by atoms with Crippen molar-refractivity contribution in [3.8, 4) is 0 Å². The molecule has 1 aromatic rings. The molecule has 1 saturated heterocycles. The van der Waals surface area contributed by atoms with Crippen molar-refractivity contribution in [2.75, 3.05) is 30.8 Å². The summed E-state index contributed by atoms with van der Waals surface area (Å²) in [5.74, 6) is 0.527. The molecular formula is C12H18N4O2. The van der Waals surface area contributed by atoms with E-state index in [9.17, 15) is 4.79 Å². The Labute approximate surface area is 106 Å². The minimum absolute atomic E-state index is 0.221. The van der Waals surface area contributed by atoms with Crippen LogP contribution in [0.5, 0.6) is 0 Å². The molecule has 0 saturated carbocycles. The highest BCUT2D eigenvalue weighted by Gasteiger charge is 2.14. The molecule has 1 fully saturated rings. The number of hydrogen-bond donors (Lipinski definition) is 3. The standard InChI is InChI=1S/C12H18N4O2/c13-9-1-2-10(11(14)17)16-12(9)15-7-8-3-5-18-6-4-8/h1-2,8H,3-7,13H2,(H2,14,17)(H,15,16). The summed E-state index contributed by atoms with van der Waals surface area (Å²) in [5.41, 5.74) is 11.7. The Morgan fingerprint density at radius 2 is 2.17 bits per heavy atom. The van der Waals surface area contributed by atoms with Crippen molar-refractivity contribution in [3.63, 3.8) is 0 Å². The first kappa shape index (κ1) is 12.6. The minimum atomic E-state index is -0.552. The lowest BCUT2D eigenvalue weighted by atomic mass is 10.0. The lowest BCUT2D eigenvalue weighted by Gasteiger charge is -2.22. The topological polar surface area (TPSA) is 103 Å². The van der Waals surface area contributed by atoms with Gasteiger partial charge < -0.3 is 21.5 Å². The van der Waals surface area contributed by atoms with Gasteiger partial charge in [0.1, 0.15) is 11.5 Å². The lowest BCUT2D eigenvalue weighted by Crippen LogP contribution is -2.23. The fourth-order valence-electron chi connectivity index (χ4n) is 1.94. The number of carbonyl (C=O) groups excluding carboxylic acids is 1. The Hall–Kier alpha value is -1.82. The van der Waals surface area contributed by atoms with Crippen molar-refractivity contribution in [3.05, 3.63) is 17.8 Å². The molecule has 1 amide bonds. The molecular weight excluding hydrogens is 232 g/mol. The molecule has 0 radical (unpaired) electrons. The third-order valence-corrected chi connectivity index (χ3v) is 3.08. The van der Waals surface area contributed by atoms with Gasteiger partial charge in [-0.25, -0.2) is 4.98 Å². The van der Waals surface area contributed by atoms with E-state index < -0.39 is 5.91 Å². The molecule has 2 rings (SSSR count). The van der Waals surface area contributed by atoms with Crippen LogP contribution in [-0.2, 0) is 4.74 Å². The van der Waals surface area contributed by atoms with Crippen LogP contribution in [0.1, 0.15) is 23.3 Å². The average molecular weight is 250 g/mol. The van der Waals surface area contributed by atoms with Crippen LogP contribution < -0.4 is 16.8 Å². The van der Waals surface area contributed by atoms with Gasteiger partial charge >= 0.3 is 0 Å². The zero-order chi connectivity index (χ0) is 13.0. The van der Waals surface area contributed by atoms with E-state index >= 15 is 0 Å². The molecule has 18 heavy (non-hydrogen) atoms. The summed E-state index contributed by atoms with van der Waals surface area (Å²) in [6, 6.07) is 3.16. The third-order valence-electron chi connectivity index (χ3n) is 3.08. The molecule has 6 nitrogen and oxygen atoms in total. The van der Waals surface area contributed by atoms with Gasteiger partial charge in [-0.2, -0.15) is 0 Å². The van der Waals surface area contributed by atoms with Crippen LogP contribution in [0.15, 0.2) is 12.1 Å². The molecule has 0 spiro atoms. The van der Waals surface area contributed by atoms with Crippen LogP contribution in [0.2, 0.25) is 0 Å². The fourth-order valence-corrected chi connectivity index (χ4v) is 1.94. The van der Waals surface area contributed by atoms with E-state index in [0.717, 1.165) is 32.6 Å². The lowest BCUT2D eigenvalue weighted by molar-refractivity contribution is 0.0699. The van der Waals surface area contributed by atoms with Crippen molar-refractivity contribution in [1.82, 2.24) is 4.98 Å². The molecule has 2 heterocycles. The first-order valence-corrected chi connectivity index (χ1v) is 6.05. The van der Waals surface area contributed by atoms with E-state index in [1.165, 1.54) is 6.07 Å². The van der Waals surface area contributed by atoms with Crippen molar-refractivity contribution in [1.29, 1.82) is 0 Å². The first-order chi connectivity index (χ1) is 8.66. The van der Waals surface area contributed by atoms with Crippen LogP contribution in [0.3, 0.4) is 0 Å². The normalized spacial score (nSPS) is 16.4. The third kappa shape index (κ3) is 3.10. The SMILES string of the molecule is NC(=O)c1ccc(N)c(NCC2CCOCC2)n1. The van der Waals surface area contributed by atoms with Gasteiger partial charge in [0.2, 0.25) is 0 Å². The number of hydrogen-bond acceptors (Lipinski definition) is 5. The molecule has 0 bridgehead atoms. The molecule has 1 aliphatic rings. The van der Waals surface area contributed by atoms with Gasteiger partial charge in [0.25, 0.3) is 5.91 Å². The fraction of sp³-hybridized carbons (Fsp3) is 0.500. The summed E-state index contributed by atoms with van der Waals surface area (Å²) in [6.07, 6.45) is 2.06. The number of nitrogens with one attached hydrogen (secondary N) is 1. The van der Waals surface area contributed by atoms with E-state index in [-0.39, 0.29) is 5.69 Å². The molecule has 0 unspecified atom stereocenters. The van der Waals surface area contributed by atoms with E-state index in [0.29, 0.717) is 17.4 Å². The van der Waals surface area contributed by atoms with Gasteiger partial charge in [0.05, 0.1) is 5.69 Å². The molecule has 98 valence electrons. The van der Waals surface area contributed by atoms with E-state index in [2.05, 4.69) is 10.3 Å². The Bertz CT molecular complexity index is 430. The maximum atomic E-state index is 11.0. The number of aromatic nitrogens is 1. The van der Waals surface area contributed by atoms with Crippen molar-refractivity contribution >= 4 is 17.4 Å². The largest absolute Gasteiger partial charge is 0.396 e. The van der Waals surface area contributed by atoms with Crippen molar-refractivity contribution in [2.24, 2.45) is 11.7 Å². The summed E-state index contributed by atoms with van der Waals surface area (Å²) in [6.45, 7) is 2.38. The van der Waals surface area contributed by atoms with Crippen LogP contribution >= 0.6 is 0 Å². The number of nitrogens with two attached hydrogens (primary N) is 2. The number of nitrogen functional groups attached to an aromatic ring is 1. The number of nitrogens with zero attached hydrogens (tertiary/aromatic N) is 1. The van der Waals surface area contributed by atoms with Crippen LogP contribution in [0.25, 0.3) is 0 Å². The zero-order valence-electron chi connectivity index (χ0n) is 10.2. The summed E-state index contributed by atoms with van der Waals surface area (Å²) in [4.78, 5) is 15.2. The molecule has 0 aliphatic carbocycles. The van der Waals surface area contributed by atoms with Gasteiger partial charge in [0, 0.05) is 19.8 Å². The molecule has 5 N–H and O–H groups in total. The second-order valence-electron chi connectivity index (χ2n) is 4.44. The second kappa shape index (κ2) is 5.68. The van der Waals surface area contributed by atoms with Gasteiger partial charge in [-0.1, -0.05) is 0 Å². The quantitative estimate of drug-likeness (QED) is 0.726. The van der Waals surface area contributed by atoms with Gasteiger partial charge in [-0.3, -0.25) is 4.79 Å². The number of pyridine rings is 1. The Balaban J connectivity index is 1.99. The number of ether oxygens (including phenoxy) is 1. The minimum Gasteiger partial charge on any atom is -0.396 e. The highest BCUT2D eigenvalue weighted by molar-refractivity contribution is 5.91. The van der Waals surface area contributed by atoms with E-state index in [4.69, 9.17) is 16.2 Å². The Morgan fingerprint density at radius 1 is 1.44 bits per heavy atom. The molecule has 1 aliphatic heterocycles. The predicted octanol–water partition coefficient (Wildman–Crippen LogP) is 0.601. The molecule has 0 atom stereocenters. The van der Waals surface area contributed by atoms with Gasteiger partial charge in [0.15, 0.2) is 0 Å². The average Bonchev–Trinajstić information content (AvgIpc) is 2.38. The summed E-state index contributed by atoms with van der Waals surface area (Å²) >= 11 is 0. The maximum Gasteiger partial charge on any atom is 0.267 e. The molecule has 0 aromatic carbocycles. The molecule has 1 aromatic heterocycles. The van der Waals surface area contributed by atoms with Crippen LogP contribution in [0, 0.1) is 5.92 Å².